The summed E-state index contributed by atoms with van der Waals surface area (Å²) in [5, 5.41) is 10.1. The molecule has 1 unspecified atom stereocenters. The summed E-state index contributed by atoms with van der Waals surface area (Å²) < 4.78 is 29.1. The lowest BCUT2D eigenvalue weighted by atomic mass is 10.1. The molecule has 2 aromatic rings. The molecule has 0 amide bonds. The van der Waals surface area contributed by atoms with Gasteiger partial charge in [-0.05, 0) is 37.0 Å². The Bertz CT molecular complexity index is 601. The Labute approximate surface area is 116 Å². The largest absolute Gasteiger partial charge is 0.388 e. The second-order valence-electron chi connectivity index (χ2n) is 5.37. The van der Waals surface area contributed by atoms with Gasteiger partial charge in [0.05, 0.1) is 12.6 Å². The first-order valence-electron chi connectivity index (χ1n) is 6.94. The SMILES string of the molecule is OC1CCCCc2cn(Cc3c(F)cccc3F)cc21. The number of aryl methyl sites for hydroxylation is 1. The van der Waals surface area contributed by atoms with Gasteiger partial charge in [0, 0.05) is 23.5 Å². The van der Waals surface area contributed by atoms with Crippen molar-refractivity contribution in [2.24, 2.45) is 0 Å². The van der Waals surface area contributed by atoms with Gasteiger partial charge in [0.15, 0.2) is 0 Å². The van der Waals surface area contributed by atoms with Gasteiger partial charge in [-0.15, -0.1) is 0 Å². The van der Waals surface area contributed by atoms with Crippen LogP contribution in [0, 0.1) is 11.6 Å². The van der Waals surface area contributed by atoms with Crippen LogP contribution in [0.5, 0.6) is 0 Å². The lowest BCUT2D eigenvalue weighted by Crippen LogP contribution is -2.03. The molecule has 0 bridgehead atoms. The number of aliphatic hydroxyl groups excluding tert-OH is 1. The molecule has 1 N–H and O–H groups in total. The van der Waals surface area contributed by atoms with Crippen molar-refractivity contribution < 1.29 is 13.9 Å². The highest BCUT2D eigenvalue weighted by Gasteiger charge is 2.19. The monoisotopic (exact) mass is 277 g/mol. The maximum Gasteiger partial charge on any atom is 0.131 e. The Morgan fingerprint density at radius 2 is 1.90 bits per heavy atom. The molecule has 0 spiro atoms. The number of hydrogen-bond donors (Lipinski definition) is 1. The first-order chi connectivity index (χ1) is 9.65. The van der Waals surface area contributed by atoms with Crippen LogP contribution in [-0.2, 0) is 13.0 Å². The molecular formula is C16H17F2NO. The fraction of sp³-hybridized carbons (Fsp3) is 0.375. The molecule has 1 aromatic carbocycles. The third-order valence-corrected chi connectivity index (χ3v) is 3.93. The van der Waals surface area contributed by atoms with Gasteiger partial charge in [-0.3, -0.25) is 0 Å². The molecule has 1 atom stereocenters. The van der Waals surface area contributed by atoms with Crippen molar-refractivity contribution in [1.29, 1.82) is 0 Å². The van der Waals surface area contributed by atoms with E-state index >= 15 is 0 Å². The molecule has 0 radical (unpaired) electrons. The zero-order valence-corrected chi connectivity index (χ0v) is 11.1. The summed E-state index contributed by atoms with van der Waals surface area (Å²) >= 11 is 0. The number of nitrogens with zero attached hydrogens (tertiary/aromatic N) is 1. The number of benzene rings is 1. The maximum atomic E-state index is 13.7. The Kier molecular flexibility index (Phi) is 3.57. The summed E-state index contributed by atoms with van der Waals surface area (Å²) in [6.45, 7) is 0.151. The summed E-state index contributed by atoms with van der Waals surface area (Å²) in [5.41, 5.74) is 2.05. The molecule has 0 saturated carbocycles. The number of aliphatic hydroxyl groups is 1. The van der Waals surface area contributed by atoms with E-state index in [1.54, 1.807) is 4.57 Å². The summed E-state index contributed by atoms with van der Waals surface area (Å²) in [7, 11) is 0. The predicted octanol–water partition coefficient (Wildman–Crippen LogP) is 3.57. The van der Waals surface area contributed by atoms with Crippen LogP contribution in [0.15, 0.2) is 30.6 Å². The zero-order valence-electron chi connectivity index (χ0n) is 11.1. The van der Waals surface area contributed by atoms with Crippen LogP contribution in [-0.4, -0.2) is 9.67 Å². The van der Waals surface area contributed by atoms with Gasteiger partial charge in [0.1, 0.15) is 11.6 Å². The molecule has 0 saturated heterocycles. The highest BCUT2D eigenvalue weighted by atomic mass is 19.1. The minimum Gasteiger partial charge on any atom is -0.388 e. The van der Waals surface area contributed by atoms with E-state index in [1.807, 2.05) is 12.4 Å². The van der Waals surface area contributed by atoms with Crippen LogP contribution in [0.3, 0.4) is 0 Å². The van der Waals surface area contributed by atoms with Crippen molar-refractivity contribution in [3.8, 4) is 0 Å². The Morgan fingerprint density at radius 3 is 2.65 bits per heavy atom. The number of halogens is 2. The van der Waals surface area contributed by atoms with Crippen LogP contribution >= 0.6 is 0 Å². The van der Waals surface area contributed by atoms with Crippen LogP contribution in [0.4, 0.5) is 8.78 Å². The van der Waals surface area contributed by atoms with Gasteiger partial charge in [-0.2, -0.15) is 0 Å². The topological polar surface area (TPSA) is 25.2 Å². The van der Waals surface area contributed by atoms with Crippen molar-refractivity contribution in [3.05, 3.63) is 58.9 Å². The number of aromatic nitrogens is 1. The fourth-order valence-corrected chi connectivity index (χ4v) is 2.85. The first kappa shape index (κ1) is 13.3. The fourth-order valence-electron chi connectivity index (χ4n) is 2.85. The molecule has 3 rings (SSSR count). The molecule has 106 valence electrons. The summed E-state index contributed by atoms with van der Waals surface area (Å²) in [6.07, 6.45) is 6.98. The molecule has 0 fully saturated rings. The van der Waals surface area contributed by atoms with E-state index in [2.05, 4.69) is 0 Å². The van der Waals surface area contributed by atoms with E-state index in [0.717, 1.165) is 36.8 Å². The van der Waals surface area contributed by atoms with E-state index in [0.29, 0.717) is 0 Å². The van der Waals surface area contributed by atoms with E-state index in [4.69, 9.17) is 0 Å². The van der Waals surface area contributed by atoms with Gasteiger partial charge < -0.3 is 9.67 Å². The predicted molar refractivity (Wildman–Crippen MR) is 72.4 cm³/mol. The smallest absolute Gasteiger partial charge is 0.131 e. The van der Waals surface area contributed by atoms with Crippen molar-refractivity contribution in [2.45, 2.75) is 38.3 Å². The molecule has 1 aliphatic rings. The minimum absolute atomic E-state index is 0.0622. The van der Waals surface area contributed by atoms with Gasteiger partial charge in [0.25, 0.3) is 0 Å². The van der Waals surface area contributed by atoms with Crippen molar-refractivity contribution in [3.63, 3.8) is 0 Å². The molecule has 1 aliphatic carbocycles. The molecule has 0 aliphatic heterocycles. The van der Waals surface area contributed by atoms with Crippen LogP contribution in [0.2, 0.25) is 0 Å². The number of fused-ring (bicyclic) bond motifs is 1. The Morgan fingerprint density at radius 1 is 1.15 bits per heavy atom. The Balaban J connectivity index is 1.91. The second kappa shape index (κ2) is 5.37. The lowest BCUT2D eigenvalue weighted by Gasteiger charge is -2.08. The Hall–Kier alpha value is -1.68. The third-order valence-electron chi connectivity index (χ3n) is 3.93. The number of rotatable bonds is 2. The summed E-state index contributed by atoms with van der Waals surface area (Å²) in [6, 6.07) is 3.90. The van der Waals surface area contributed by atoms with E-state index < -0.39 is 17.7 Å². The van der Waals surface area contributed by atoms with Gasteiger partial charge in [0.2, 0.25) is 0 Å². The van der Waals surface area contributed by atoms with Gasteiger partial charge in [-0.25, -0.2) is 8.78 Å². The third kappa shape index (κ3) is 2.48. The highest BCUT2D eigenvalue weighted by Crippen LogP contribution is 2.29. The quantitative estimate of drug-likeness (QED) is 0.834. The van der Waals surface area contributed by atoms with E-state index in [1.165, 1.54) is 18.2 Å². The van der Waals surface area contributed by atoms with Crippen LogP contribution in [0.1, 0.15) is 42.1 Å². The van der Waals surface area contributed by atoms with Crippen molar-refractivity contribution >= 4 is 0 Å². The first-order valence-corrected chi connectivity index (χ1v) is 6.94. The second-order valence-corrected chi connectivity index (χ2v) is 5.37. The molecule has 20 heavy (non-hydrogen) atoms. The maximum absolute atomic E-state index is 13.7. The molecule has 1 heterocycles. The average Bonchev–Trinajstić information content (AvgIpc) is 2.74. The molecule has 1 aromatic heterocycles. The van der Waals surface area contributed by atoms with Gasteiger partial charge >= 0.3 is 0 Å². The van der Waals surface area contributed by atoms with Gasteiger partial charge in [-0.1, -0.05) is 12.5 Å². The minimum atomic E-state index is -0.533. The molecular weight excluding hydrogens is 260 g/mol. The van der Waals surface area contributed by atoms with Crippen LogP contribution in [0.25, 0.3) is 0 Å². The lowest BCUT2D eigenvalue weighted by molar-refractivity contribution is 0.166. The standard InChI is InChI=1S/C16H17F2NO/c17-14-5-3-6-15(18)13(14)10-19-8-11-4-1-2-7-16(20)12(11)9-19/h3,5-6,8-9,16,20H,1-2,4,7,10H2. The summed E-state index contributed by atoms with van der Waals surface area (Å²) in [4.78, 5) is 0. The molecule has 4 heteroatoms. The van der Waals surface area contributed by atoms with Crippen molar-refractivity contribution in [1.82, 2.24) is 4.57 Å². The number of hydrogen-bond acceptors (Lipinski definition) is 1. The highest BCUT2D eigenvalue weighted by molar-refractivity contribution is 5.29. The molecule has 2 nitrogen and oxygen atoms in total. The zero-order chi connectivity index (χ0) is 14.1. The van der Waals surface area contributed by atoms with Crippen LogP contribution < -0.4 is 0 Å². The van der Waals surface area contributed by atoms with Crippen molar-refractivity contribution in [2.75, 3.05) is 0 Å². The summed E-state index contributed by atoms with van der Waals surface area (Å²) in [5.74, 6) is -1.07. The van der Waals surface area contributed by atoms with E-state index in [9.17, 15) is 13.9 Å². The normalized spacial score (nSPS) is 18.6. The average molecular weight is 277 g/mol. The van der Waals surface area contributed by atoms with E-state index in [-0.39, 0.29) is 12.1 Å².